The number of nitrogens with zero attached hydrogens (tertiary/aromatic N) is 5. The lowest BCUT2D eigenvalue weighted by Crippen LogP contribution is -2.53. The van der Waals surface area contributed by atoms with Crippen molar-refractivity contribution >= 4 is 40.8 Å². The van der Waals surface area contributed by atoms with Crippen molar-refractivity contribution in [3.63, 3.8) is 0 Å². The molecule has 2 aromatic carbocycles. The molecule has 0 bridgehead atoms. The van der Waals surface area contributed by atoms with Crippen molar-refractivity contribution in [2.24, 2.45) is 4.99 Å². The Morgan fingerprint density at radius 1 is 1.04 bits per heavy atom. The van der Waals surface area contributed by atoms with Gasteiger partial charge in [0.1, 0.15) is 11.5 Å². The minimum Gasteiger partial charge on any atom is -0.466 e. The number of fused-ring (bicyclic) bond motifs is 1. The molecule has 252 valence electrons. The second-order valence-electron chi connectivity index (χ2n) is 12.4. The predicted octanol–water partition coefficient (Wildman–Crippen LogP) is 3.49. The molecular formula is C34H39N7O6S. The molecule has 0 aliphatic carbocycles. The maximum atomic E-state index is 13.4. The number of hydrogen-bond acceptors (Lipinski definition) is 11. The molecule has 14 heteroatoms. The van der Waals surface area contributed by atoms with Crippen LogP contribution in [0.5, 0.6) is 11.5 Å². The fourth-order valence-corrected chi connectivity index (χ4v) is 6.65. The number of thiazole rings is 1. The van der Waals surface area contributed by atoms with Gasteiger partial charge in [-0.25, -0.2) is 14.6 Å². The van der Waals surface area contributed by atoms with Crippen molar-refractivity contribution in [1.29, 1.82) is 0 Å². The maximum Gasteiger partial charge on any atom is 0.337 e. The van der Waals surface area contributed by atoms with Gasteiger partial charge in [-0.3, -0.25) is 19.6 Å². The summed E-state index contributed by atoms with van der Waals surface area (Å²) in [6.45, 7) is 7.36. The van der Waals surface area contributed by atoms with Gasteiger partial charge in [0.05, 0.1) is 37.4 Å². The van der Waals surface area contributed by atoms with Crippen LogP contribution in [0.2, 0.25) is 0 Å². The van der Waals surface area contributed by atoms with Crippen molar-refractivity contribution in [3.05, 3.63) is 81.9 Å². The Kier molecular flexibility index (Phi) is 9.76. The summed E-state index contributed by atoms with van der Waals surface area (Å²) in [7, 11) is 2.97. The summed E-state index contributed by atoms with van der Waals surface area (Å²) in [5.41, 5.74) is 2.06. The molecule has 3 aliphatic rings. The van der Waals surface area contributed by atoms with E-state index in [1.165, 1.54) is 18.4 Å². The molecule has 6 rings (SSSR count). The Balaban J connectivity index is 1.06. The number of carbonyl (C=O) groups is 3. The Labute approximate surface area is 283 Å². The summed E-state index contributed by atoms with van der Waals surface area (Å²) in [5.74, 6) is 1.25. The largest absolute Gasteiger partial charge is 0.466 e. The van der Waals surface area contributed by atoms with Gasteiger partial charge in [0.2, 0.25) is 0 Å². The van der Waals surface area contributed by atoms with Gasteiger partial charge in [0.15, 0.2) is 10.8 Å². The average molecular weight is 674 g/mol. The lowest BCUT2D eigenvalue weighted by atomic mass is 10.1. The van der Waals surface area contributed by atoms with E-state index in [2.05, 4.69) is 25.5 Å². The monoisotopic (exact) mass is 673 g/mol. The van der Waals surface area contributed by atoms with Gasteiger partial charge in [-0.2, -0.15) is 0 Å². The van der Waals surface area contributed by atoms with Crippen molar-refractivity contribution < 1.29 is 28.6 Å². The molecule has 3 aliphatic heterocycles. The number of methoxy groups -OCH3 is 2. The Morgan fingerprint density at radius 2 is 1.77 bits per heavy atom. The first-order valence-corrected chi connectivity index (χ1v) is 16.5. The molecule has 2 N–H and O–H groups in total. The molecule has 1 aromatic heterocycles. The zero-order valence-corrected chi connectivity index (χ0v) is 28.2. The number of ether oxygens (including phenoxy) is 3. The number of urea groups is 1. The number of amides is 3. The van der Waals surface area contributed by atoms with Crippen LogP contribution >= 0.6 is 11.3 Å². The smallest absolute Gasteiger partial charge is 0.337 e. The van der Waals surface area contributed by atoms with Crippen LogP contribution in [0.25, 0.3) is 0 Å². The highest BCUT2D eigenvalue weighted by atomic mass is 32.1. The lowest BCUT2D eigenvalue weighted by Gasteiger charge is -2.37. The first-order chi connectivity index (χ1) is 23.1. The van der Waals surface area contributed by atoms with Crippen LogP contribution in [0.4, 0.5) is 10.5 Å². The lowest BCUT2D eigenvalue weighted by molar-refractivity contribution is -0.136. The SMILES string of the molecule is COCC(C)(C)NC(=O)c1ccc(Oc2ccc(N3C[C@@H]4CN(CC5=C(C(=O)OC)CN=C(c6nccs6)N5)CCN4C3=O)cc2)cc1. The molecule has 0 spiro atoms. The number of rotatable bonds is 11. The van der Waals surface area contributed by atoms with Gasteiger partial charge < -0.3 is 29.7 Å². The molecule has 3 aromatic rings. The van der Waals surface area contributed by atoms with E-state index >= 15 is 0 Å². The summed E-state index contributed by atoms with van der Waals surface area (Å²) in [5, 5.41) is 8.93. The zero-order chi connectivity index (χ0) is 33.8. The van der Waals surface area contributed by atoms with E-state index in [1.54, 1.807) is 42.5 Å². The molecule has 0 radical (unpaired) electrons. The number of carbonyl (C=O) groups excluding carboxylic acids is 3. The number of nitrogens with one attached hydrogen (secondary N) is 2. The van der Waals surface area contributed by atoms with E-state index in [-0.39, 0.29) is 24.5 Å². The van der Waals surface area contributed by atoms with E-state index in [9.17, 15) is 14.4 Å². The van der Waals surface area contributed by atoms with Crippen LogP contribution in [0.15, 0.2) is 76.4 Å². The topological polar surface area (TPSA) is 138 Å². The zero-order valence-electron chi connectivity index (χ0n) is 27.4. The fourth-order valence-electron chi connectivity index (χ4n) is 6.05. The van der Waals surface area contributed by atoms with Crippen LogP contribution in [0.3, 0.4) is 0 Å². The van der Waals surface area contributed by atoms with E-state index in [1.807, 2.05) is 48.4 Å². The Morgan fingerprint density at radius 3 is 2.44 bits per heavy atom. The van der Waals surface area contributed by atoms with Crippen LogP contribution < -0.4 is 20.3 Å². The number of amidine groups is 1. The van der Waals surface area contributed by atoms with E-state index in [0.717, 1.165) is 16.4 Å². The second kappa shape index (κ2) is 14.1. The third kappa shape index (κ3) is 7.35. The highest BCUT2D eigenvalue weighted by molar-refractivity contribution is 7.11. The number of anilines is 1. The number of benzene rings is 2. The van der Waals surface area contributed by atoms with Gasteiger partial charge in [0, 0.05) is 68.4 Å². The molecule has 2 fully saturated rings. The van der Waals surface area contributed by atoms with Gasteiger partial charge in [-0.1, -0.05) is 0 Å². The number of aromatic nitrogens is 1. The third-order valence-electron chi connectivity index (χ3n) is 8.37. The molecule has 0 saturated carbocycles. The van der Waals surface area contributed by atoms with E-state index in [0.29, 0.717) is 67.8 Å². The molecular weight excluding hydrogens is 634 g/mol. The van der Waals surface area contributed by atoms with Gasteiger partial charge >= 0.3 is 12.0 Å². The Hall–Kier alpha value is -4.79. The normalized spacial score (nSPS) is 18.3. The van der Waals surface area contributed by atoms with Crippen LogP contribution in [-0.2, 0) is 14.3 Å². The van der Waals surface area contributed by atoms with Crippen molar-refractivity contribution in [1.82, 2.24) is 25.4 Å². The molecule has 3 amide bonds. The third-order valence-corrected chi connectivity index (χ3v) is 9.15. The van der Waals surface area contributed by atoms with Crippen LogP contribution in [0, 0.1) is 0 Å². The highest BCUT2D eigenvalue weighted by Gasteiger charge is 2.41. The van der Waals surface area contributed by atoms with E-state index < -0.39 is 11.5 Å². The first kappa shape index (κ1) is 33.1. The maximum absolute atomic E-state index is 13.4. The summed E-state index contributed by atoms with van der Waals surface area (Å²) in [6.07, 6.45) is 1.72. The first-order valence-electron chi connectivity index (χ1n) is 15.7. The summed E-state index contributed by atoms with van der Waals surface area (Å²) in [6, 6.07) is 14.3. The highest BCUT2D eigenvalue weighted by Crippen LogP contribution is 2.30. The van der Waals surface area contributed by atoms with Crippen molar-refractivity contribution in [2.45, 2.75) is 25.4 Å². The average Bonchev–Trinajstić information content (AvgIpc) is 3.73. The molecule has 4 heterocycles. The summed E-state index contributed by atoms with van der Waals surface area (Å²) >= 11 is 1.48. The summed E-state index contributed by atoms with van der Waals surface area (Å²) < 4.78 is 16.2. The number of aliphatic imine (C=N–C) groups is 1. The molecule has 13 nitrogen and oxygen atoms in total. The van der Waals surface area contributed by atoms with Gasteiger partial charge in [-0.05, 0) is 62.4 Å². The summed E-state index contributed by atoms with van der Waals surface area (Å²) in [4.78, 5) is 53.4. The second-order valence-corrected chi connectivity index (χ2v) is 13.3. The quantitative estimate of drug-likeness (QED) is 0.293. The molecule has 48 heavy (non-hydrogen) atoms. The molecule has 2 saturated heterocycles. The van der Waals surface area contributed by atoms with Crippen LogP contribution in [-0.4, -0.2) is 110 Å². The van der Waals surface area contributed by atoms with Crippen molar-refractivity contribution in [3.8, 4) is 11.5 Å². The standard InChI is InChI=1S/C34H39N7O6S/c1-34(2,21-45-3)38-30(42)22-5-9-25(10-6-22)47-26-11-7-23(8-12-26)41-19-24-18-39(14-15-40(24)33(41)44)20-28-27(32(43)46-4)17-36-29(37-28)31-35-13-16-48-31/h5-13,16,24H,14-15,17-21H2,1-4H3,(H,36,37)(H,38,42)/t24-/m0/s1. The number of hydrogen-bond donors (Lipinski definition) is 2. The molecule has 0 unspecified atom stereocenters. The van der Waals surface area contributed by atoms with Gasteiger partial charge in [-0.15, -0.1) is 11.3 Å². The minimum absolute atomic E-state index is 0.00386. The molecule has 1 atom stereocenters. The predicted molar refractivity (Wildman–Crippen MR) is 182 cm³/mol. The Bertz CT molecular complexity index is 1710. The number of esters is 1. The van der Waals surface area contributed by atoms with Gasteiger partial charge in [0.25, 0.3) is 5.91 Å². The number of piperazine rings is 1. The van der Waals surface area contributed by atoms with Crippen molar-refractivity contribution in [2.75, 3.05) is 65.0 Å². The fraction of sp³-hybridized carbons (Fsp3) is 0.382. The minimum atomic E-state index is -0.490. The van der Waals surface area contributed by atoms with Crippen LogP contribution in [0.1, 0.15) is 29.2 Å². The van der Waals surface area contributed by atoms with E-state index in [4.69, 9.17) is 14.2 Å².